The van der Waals surface area contributed by atoms with Crippen LogP contribution in [-0.2, 0) is 13.0 Å². The third-order valence-electron chi connectivity index (χ3n) is 2.79. The second kappa shape index (κ2) is 5.63. The van der Waals surface area contributed by atoms with Crippen molar-refractivity contribution in [1.29, 1.82) is 0 Å². The van der Waals surface area contributed by atoms with E-state index in [1.165, 1.54) is 5.56 Å². The van der Waals surface area contributed by atoms with E-state index in [1.807, 2.05) is 12.1 Å². The summed E-state index contributed by atoms with van der Waals surface area (Å²) >= 11 is 3.48. The Bertz CT molecular complexity index is 534. The molecule has 1 aromatic carbocycles. The molecule has 2 N–H and O–H groups in total. The Morgan fingerprint density at radius 1 is 1.28 bits per heavy atom. The summed E-state index contributed by atoms with van der Waals surface area (Å²) in [7, 11) is 0. The highest BCUT2D eigenvalue weighted by molar-refractivity contribution is 9.10. The largest absolute Gasteiger partial charge is 0.324 e. The highest BCUT2D eigenvalue weighted by atomic mass is 79.9. The van der Waals surface area contributed by atoms with Gasteiger partial charge in [-0.1, -0.05) is 28.1 Å². The molecule has 4 nitrogen and oxygen atoms in total. The summed E-state index contributed by atoms with van der Waals surface area (Å²) in [5.41, 5.74) is 6.90. The predicted molar refractivity (Wildman–Crippen MR) is 75.2 cm³/mol. The van der Waals surface area contributed by atoms with E-state index >= 15 is 0 Å². The van der Waals surface area contributed by atoms with Crippen LogP contribution in [-0.4, -0.2) is 14.8 Å². The number of hydrogen-bond donors (Lipinski definition) is 1. The van der Waals surface area contributed by atoms with E-state index in [9.17, 15) is 0 Å². The van der Waals surface area contributed by atoms with Gasteiger partial charge in [0.2, 0.25) is 0 Å². The molecule has 0 spiro atoms. The van der Waals surface area contributed by atoms with E-state index < -0.39 is 0 Å². The fourth-order valence-corrected chi connectivity index (χ4v) is 2.49. The molecule has 0 aliphatic carbocycles. The van der Waals surface area contributed by atoms with Gasteiger partial charge in [0.25, 0.3) is 0 Å². The maximum atomic E-state index is 5.69. The van der Waals surface area contributed by atoms with Gasteiger partial charge in [0.1, 0.15) is 11.6 Å². The lowest BCUT2D eigenvalue weighted by molar-refractivity contribution is 0.548. The molecule has 0 unspecified atom stereocenters. The highest BCUT2D eigenvalue weighted by Gasteiger charge is 2.13. The lowest BCUT2D eigenvalue weighted by atomic mass is 10.1. The molecule has 1 heterocycles. The van der Waals surface area contributed by atoms with Crippen LogP contribution in [0.2, 0.25) is 0 Å². The standard InChI is InChI=1S/C13H17BrN4/c1-9(2)18-12(16-17-13(18)8-15)7-10-4-3-5-11(14)6-10/h3-6,9H,7-8,15H2,1-2H3. The Morgan fingerprint density at radius 3 is 2.61 bits per heavy atom. The molecule has 0 aliphatic heterocycles. The number of hydrogen-bond acceptors (Lipinski definition) is 3. The normalized spacial score (nSPS) is 11.2. The number of nitrogens with zero attached hydrogens (tertiary/aromatic N) is 3. The third-order valence-corrected chi connectivity index (χ3v) is 3.28. The average Bonchev–Trinajstić information content (AvgIpc) is 2.72. The van der Waals surface area contributed by atoms with Crippen molar-refractivity contribution < 1.29 is 0 Å². The van der Waals surface area contributed by atoms with Crippen molar-refractivity contribution in [3.8, 4) is 0 Å². The topological polar surface area (TPSA) is 56.7 Å². The smallest absolute Gasteiger partial charge is 0.147 e. The summed E-state index contributed by atoms with van der Waals surface area (Å²) in [6.45, 7) is 4.66. The Balaban J connectivity index is 2.32. The Hall–Kier alpha value is -1.20. The summed E-state index contributed by atoms with van der Waals surface area (Å²) in [6, 6.07) is 8.55. The number of halogens is 1. The number of rotatable bonds is 4. The molecule has 0 saturated heterocycles. The summed E-state index contributed by atoms with van der Waals surface area (Å²) in [5, 5.41) is 8.40. The quantitative estimate of drug-likeness (QED) is 0.944. The van der Waals surface area contributed by atoms with Crippen LogP contribution in [0.15, 0.2) is 28.7 Å². The van der Waals surface area contributed by atoms with Gasteiger partial charge < -0.3 is 10.3 Å². The lowest BCUT2D eigenvalue weighted by Gasteiger charge is -2.13. The predicted octanol–water partition coefficient (Wildman–Crippen LogP) is 2.67. The SMILES string of the molecule is CC(C)n1c(CN)nnc1Cc1cccc(Br)c1. The maximum absolute atomic E-state index is 5.69. The fraction of sp³-hybridized carbons (Fsp3) is 0.385. The van der Waals surface area contributed by atoms with E-state index in [0.29, 0.717) is 12.6 Å². The van der Waals surface area contributed by atoms with Crippen LogP contribution in [0.5, 0.6) is 0 Å². The van der Waals surface area contributed by atoms with Gasteiger partial charge in [-0.15, -0.1) is 10.2 Å². The van der Waals surface area contributed by atoms with Gasteiger partial charge in [-0.3, -0.25) is 0 Å². The van der Waals surface area contributed by atoms with E-state index in [-0.39, 0.29) is 0 Å². The number of aromatic nitrogens is 3. The molecule has 5 heteroatoms. The van der Waals surface area contributed by atoms with Crippen LogP contribution in [0, 0.1) is 0 Å². The van der Waals surface area contributed by atoms with Crippen LogP contribution in [0.3, 0.4) is 0 Å². The zero-order valence-corrected chi connectivity index (χ0v) is 12.2. The van der Waals surface area contributed by atoms with Crippen LogP contribution in [0.4, 0.5) is 0 Å². The number of nitrogens with two attached hydrogens (primary N) is 1. The first kappa shape index (κ1) is 13.2. The Kier molecular flexibility index (Phi) is 4.14. The molecular weight excluding hydrogens is 292 g/mol. The van der Waals surface area contributed by atoms with Gasteiger partial charge in [0.15, 0.2) is 0 Å². The molecule has 0 saturated carbocycles. The lowest BCUT2D eigenvalue weighted by Crippen LogP contribution is -2.13. The van der Waals surface area contributed by atoms with E-state index in [2.05, 4.69) is 56.7 Å². The van der Waals surface area contributed by atoms with Gasteiger partial charge in [0.05, 0.1) is 6.54 Å². The average molecular weight is 309 g/mol. The van der Waals surface area contributed by atoms with Crippen molar-refractivity contribution in [2.24, 2.45) is 5.73 Å². The number of benzene rings is 1. The van der Waals surface area contributed by atoms with Gasteiger partial charge >= 0.3 is 0 Å². The first-order chi connectivity index (χ1) is 8.61. The highest BCUT2D eigenvalue weighted by Crippen LogP contribution is 2.17. The first-order valence-electron chi connectivity index (χ1n) is 5.99. The molecule has 1 aromatic heterocycles. The molecule has 0 amide bonds. The minimum Gasteiger partial charge on any atom is -0.324 e. The molecule has 0 radical (unpaired) electrons. The molecule has 0 atom stereocenters. The zero-order chi connectivity index (χ0) is 13.1. The fourth-order valence-electron chi connectivity index (χ4n) is 2.05. The second-order valence-electron chi connectivity index (χ2n) is 4.51. The molecule has 0 aliphatic rings. The van der Waals surface area contributed by atoms with E-state index in [0.717, 1.165) is 22.5 Å². The van der Waals surface area contributed by atoms with Crippen LogP contribution in [0.25, 0.3) is 0 Å². The molecular formula is C13H17BrN4. The van der Waals surface area contributed by atoms with Crippen LogP contribution < -0.4 is 5.73 Å². The van der Waals surface area contributed by atoms with Gasteiger partial charge in [-0.25, -0.2) is 0 Å². The van der Waals surface area contributed by atoms with Crippen molar-refractivity contribution in [1.82, 2.24) is 14.8 Å². The summed E-state index contributed by atoms with van der Waals surface area (Å²) in [6.07, 6.45) is 0.768. The summed E-state index contributed by atoms with van der Waals surface area (Å²) in [5.74, 6) is 1.80. The molecule has 2 aromatic rings. The monoisotopic (exact) mass is 308 g/mol. The molecule has 0 bridgehead atoms. The third kappa shape index (κ3) is 2.79. The van der Waals surface area contributed by atoms with Gasteiger partial charge in [-0.2, -0.15) is 0 Å². The van der Waals surface area contributed by atoms with Crippen molar-refractivity contribution in [3.63, 3.8) is 0 Å². The molecule has 96 valence electrons. The first-order valence-corrected chi connectivity index (χ1v) is 6.78. The maximum Gasteiger partial charge on any atom is 0.147 e. The van der Waals surface area contributed by atoms with E-state index in [4.69, 9.17) is 5.73 Å². The second-order valence-corrected chi connectivity index (χ2v) is 5.42. The van der Waals surface area contributed by atoms with Crippen molar-refractivity contribution in [2.75, 3.05) is 0 Å². The summed E-state index contributed by atoms with van der Waals surface area (Å²) < 4.78 is 3.19. The van der Waals surface area contributed by atoms with Crippen molar-refractivity contribution >= 4 is 15.9 Å². The van der Waals surface area contributed by atoms with Gasteiger partial charge in [0, 0.05) is 16.9 Å². The van der Waals surface area contributed by atoms with Crippen molar-refractivity contribution in [2.45, 2.75) is 32.9 Å². The molecule has 0 fully saturated rings. The zero-order valence-electron chi connectivity index (χ0n) is 10.6. The Labute approximate surface area is 115 Å². The van der Waals surface area contributed by atoms with Crippen LogP contribution >= 0.6 is 15.9 Å². The van der Waals surface area contributed by atoms with Crippen molar-refractivity contribution in [3.05, 3.63) is 46.0 Å². The summed E-state index contributed by atoms with van der Waals surface area (Å²) in [4.78, 5) is 0. The molecule has 2 rings (SSSR count). The van der Waals surface area contributed by atoms with Gasteiger partial charge in [-0.05, 0) is 31.5 Å². The van der Waals surface area contributed by atoms with Crippen LogP contribution in [0.1, 0.15) is 37.1 Å². The minimum atomic E-state index is 0.320. The minimum absolute atomic E-state index is 0.320. The molecule has 18 heavy (non-hydrogen) atoms. The Morgan fingerprint density at radius 2 is 2.00 bits per heavy atom. The van der Waals surface area contributed by atoms with E-state index in [1.54, 1.807) is 0 Å².